The topological polar surface area (TPSA) is 88.0 Å². The van der Waals surface area contributed by atoms with Crippen molar-refractivity contribution >= 4 is 15.6 Å². The summed E-state index contributed by atoms with van der Waals surface area (Å²) >= 11 is 0. The van der Waals surface area contributed by atoms with Gasteiger partial charge in [0.2, 0.25) is 0 Å². The van der Waals surface area contributed by atoms with E-state index in [-0.39, 0.29) is 22.3 Å². The molecule has 0 amide bonds. The Balaban J connectivity index is 2.01. The number of nitrogens with zero attached hydrogens (tertiary/aromatic N) is 2. The summed E-state index contributed by atoms with van der Waals surface area (Å²) in [5.41, 5.74) is 2.53. The zero-order valence-electron chi connectivity index (χ0n) is 16.6. The average Bonchev–Trinajstić information content (AvgIpc) is 3.06. The second-order valence-electron chi connectivity index (χ2n) is 8.72. The summed E-state index contributed by atoms with van der Waals surface area (Å²) in [4.78, 5) is 13.6. The smallest absolute Gasteiger partial charge is 0.175 e. The second kappa shape index (κ2) is 6.11. The van der Waals surface area contributed by atoms with E-state index in [0.717, 1.165) is 28.8 Å². The third kappa shape index (κ3) is 2.75. The first-order valence-electron chi connectivity index (χ1n) is 9.53. The van der Waals surface area contributed by atoms with Crippen molar-refractivity contribution in [1.82, 2.24) is 5.32 Å². The number of hydrogen-bond acceptors (Lipinski definition) is 6. The molecule has 6 nitrogen and oxygen atoms in total. The van der Waals surface area contributed by atoms with Gasteiger partial charge >= 0.3 is 0 Å². The van der Waals surface area contributed by atoms with Crippen LogP contribution in [-0.4, -0.2) is 26.6 Å². The minimum absolute atomic E-state index is 0.108. The molecule has 2 heterocycles. The molecule has 0 bridgehead atoms. The average molecular weight is 400 g/mol. The third-order valence-corrected chi connectivity index (χ3v) is 7.17. The van der Waals surface area contributed by atoms with Crippen molar-refractivity contribution in [2.45, 2.75) is 56.5 Å². The Hall–Kier alpha value is -2.28. The van der Waals surface area contributed by atoms with Gasteiger partial charge in [0.1, 0.15) is 0 Å². The Bertz CT molecular complexity index is 1070. The van der Waals surface area contributed by atoms with Crippen LogP contribution in [0.4, 0.5) is 0 Å². The van der Waals surface area contributed by atoms with Crippen molar-refractivity contribution in [2.75, 3.05) is 6.26 Å². The van der Waals surface area contributed by atoms with Crippen LogP contribution in [0.3, 0.4) is 0 Å². The number of nitrogens with one attached hydrogen (secondary N) is 1. The van der Waals surface area contributed by atoms with Crippen molar-refractivity contribution in [3.05, 3.63) is 52.9 Å². The number of ketones is 1. The molecule has 0 radical (unpaired) electrons. The normalized spacial score (nSPS) is 28.5. The minimum Gasteiger partial charge on any atom is -0.362 e. The van der Waals surface area contributed by atoms with Gasteiger partial charge in [0.25, 0.3) is 0 Å². The molecular weight excluding hydrogens is 374 g/mol. The molecule has 1 aromatic rings. The predicted molar refractivity (Wildman–Crippen MR) is 106 cm³/mol. The van der Waals surface area contributed by atoms with Gasteiger partial charge in [-0.25, -0.2) is 8.42 Å². The summed E-state index contributed by atoms with van der Waals surface area (Å²) < 4.78 is 24.4. The van der Waals surface area contributed by atoms with Crippen LogP contribution < -0.4 is 5.32 Å². The molecular formula is C21H25N3O3S. The highest BCUT2D eigenvalue weighted by Crippen LogP contribution is 2.53. The first-order valence-corrected chi connectivity index (χ1v) is 11.4. The number of allylic oxidation sites excluding steroid dienone is 2. The second-order valence-corrected chi connectivity index (χ2v) is 10.7. The number of hydrogen-bond donors (Lipinski definition) is 1. The summed E-state index contributed by atoms with van der Waals surface area (Å²) in [7, 11) is -3.37. The van der Waals surface area contributed by atoms with E-state index in [4.69, 9.17) is 0 Å². The fourth-order valence-corrected chi connectivity index (χ4v) is 5.55. The molecule has 7 heteroatoms. The first kappa shape index (κ1) is 19.1. The lowest BCUT2D eigenvalue weighted by molar-refractivity contribution is -0.119. The maximum atomic E-state index is 13.4. The molecule has 2 atom stereocenters. The Morgan fingerprint density at radius 3 is 2.68 bits per heavy atom. The first-order chi connectivity index (χ1) is 13.1. The highest BCUT2D eigenvalue weighted by atomic mass is 32.2. The molecule has 4 rings (SSSR count). The fourth-order valence-electron chi connectivity index (χ4n) is 4.88. The van der Waals surface area contributed by atoms with Crippen molar-refractivity contribution in [1.29, 1.82) is 0 Å². The van der Waals surface area contributed by atoms with E-state index in [2.05, 4.69) is 29.4 Å². The number of carbonyl (C=O) groups is 1. The van der Waals surface area contributed by atoms with E-state index in [0.29, 0.717) is 12.8 Å². The van der Waals surface area contributed by atoms with E-state index in [1.165, 1.54) is 6.26 Å². The summed E-state index contributed by atoms with van der Waals surface area (Å²) in [6.45, 7) is 6.22. The van der Waals surface area contributed by atoms with E-state index >= 15 is 0 Å². The van der Waals surface area contributed by atoms with Gasteiger partial charge in [-0.15, -0.1) is 0 Å². The summed E-state index contributed by atoms with van der Waals surface area (Å²) in [6, 6.07) is 6.97. The van der Waals surface area contributed by atoms with Crippen molar-refractivity contribution in [3.63, 3.8) is 0 Å². The van der Waals surface area contributed by atoms with Crippen LogP contribution in [-0.2, 0) is 20.0 Å². The number of azo groups is 1. The van der Waals surface area contributed by atoms with Gasteiger partial charge in [-0.1, -0.05) is 32.9 Å². The third-order valence-electron chi connectivity index (χ3n) is 6.06. The van der Waals surface area contributed by atoms with E-state index in [1.807, 2.05) is 13.0 Å². The molecule has 28 heavy (non-hydrogen) atoms. The van der Waals surface area contributed by atoms with Crippen molar-refractivity contribution < 1.29 is 13.2 Å². The number of carbonyl (C=O) groups excluding carboxylic acids is 1. The molecule has 1 aliphatic carbocycles. The predicted octanol–water partition coefficient (Wildman–Crippen LogP) is 3.66. The van der Waals surface area contributed by atoms with Gasteiger partial charge in [0.05, 0.1) is 16.5 Å². The quantitative estimate of drug-likeness (QED) is 0.840. The zero-order chi connectivity index (χ0) is 20.3. The highest BCUT2D eigenvalue weighted by Gasteiger charge is 2.53. The highest BCUT2D eigenvalue weighted by molar-refractivity contribution is 7.90. The van der Waals surface area contributed by atoms with Gasteiger partial charge in [0.15, 0.2) is 21.8 Å². The van der Waals surface area contributed by atoms with Gasteiger partial charge in [0, 0.05) is 29.5 Å². The molecule has 0 saturated carbocycles. The Morgan fingerprint density at radius 1 is 1.25 bits per heavy atom. The Kier molecular flexibility index (Phi) is 4.16. The number of benzene rings is 1. The van der Waals surface area contributed by atoms with Crippen LogP contribution in [0.15, 0.2) is 62.4 Å². The number of sulfone groups is 1. The van der Waals surface area contributed by atoms with E-state index in [1.54, 1.807) is 24.4 Å². The lowest BCUT2D eigenvalue weighted by Crippen LogP contribution is -2.51. The molecule has 0 spiro atoms. The van der Waals surface area contributed by atoms with Gasteiger partial charge < -0.3 is 5.32 Å². The molecule has 1 unspecified atom stereocenters. The molecule has 148 valence electrons. The number of Topliss-reactive ketones (excluding diaryl/α,β-unsaturated/α-hetero) is 1. The van der Waals surface area contributed by atoms with Crippen LogP contribution in [0.2, 0.25) is 0 Å². The number of fused-ring (bicyclic) bond motifs is 1. The van der Waals surface area contributed by atoms with Gasteiger partial charge in [-0.05, 0) is 36.0 Å². The molecule has 3 aliphatic rings. The van der Waals surface area contributed by atoms with Crippen LogP contribution >= 0.6 is 0 Å². The van der Waals surface area contributed by atoms with E-state index in [9.17, 15) is 13.2 Å². The molecule has 2 aliphatic heterocycles. The van der Waals surface area contributed by atoms with Crippen LogP contribution in [0.1, 0.15) is 45.6 Å². The van der Waals surface area contributed by atoms with Crippen LogP contribution in [0.5, 0.6) is 0 Å². The lowest BCUT2D eigenvalue weighted by Gasteiger charge is -2.47. The molecule has 1 N–H and O–H groups in total. The zero-order valence-corrected chi connectivity index (χ0v) is 17.4. The van der Waals surface area contributed by atoms with Crippen molar-refractivity contribution in [2.24, 2.45) is 15.6 Å². The maximum Gasteiger partial charge on any atom is 0.175 e. The maximum absolute atomic E-state index is 13.4. The SMILES string of the molecule is CC[C@]1(c2cccc(S(C)(=O)=O)c2)C2=CN=NC2NC2=C1C(=O)CC(C)(C)C2. The van der Waals surface area contributed by atoms with Gasteiger partial charge in [-0.3, -0.25) is 4.79 Å². The fraction of sp³-hybridized carbons (Fsp3) is 0.476. The molecule has 0 aromatic heterocycles. The van der Waals surface area contributed by atoms with Crippen LogP contribution in [0.25, 0.3) is 0 Å². The Labute approximate surface area is 165 Å². The monoisotopic (exact) mass is 399 g/mol. The Morgan fingerprint density at radius 2 is 2.00 bits per heavy atom. The molecule has 0 saturated heterocycles. The van der Waals surface area contributed by atoms with Crippen molar-refractivity contribution in [3.8, 4) is 0 Å². The summed E-state index contributed by atoms with van der Waals surface area (Å²) in [5.74, 6) is 0.108. The standard InChI is InChI=1S/C21H25N3O3S/c1-5-21(13-7-6-8-14(9-13)28(4,26)27)15-12-22-24-19(15)23-16-10-20(2,3)11-17(25)18(16)21/h6-9,12,19,23H,5,10-11H2,1-4H3/t19?,21-/m0/s1. The van der Waals surface area contributed by atoms with Gasteiger partial charge in [-0.2, -0.15) is 10.2 Å². The van der Waals surface area contributed by atoms with E-state index < -0.39 is 15.3 Å². The number of rotatable bonds is 3. The minimum atomic E-state index is -3.37. The van der Waals surface area contributed by atoms with Crippen LogP contribution in [0, 0.1) is 5.41 Å². The summed E-state index contributed by atoms with van der Waals surface area (Å²) in [6.07, 6.45) is 4.45. The largest absolute Gasteiger partial charge is 0.362 e. The summed E-state index contributed by atoms with van der Waals surface area (Å²) in [5, 5.41) is 11.9. The molecule has 1 aromatic carbocycles. The lowest BCUT2D eigenvalue weighted by atomic mass is 9.59. The molecule has 0 fully saturated rings.